The number of nitrogens with one attached hydrogen (secondary N) is 1. The van der Waals surface area contributed by atoms with E-state index in [1.807, 2.05) is 31.2 Å². The smallest absolute Gasteiger partial charge is 0.254 e. The van der Waals surface area contributed by atoms with Crippen molar-refractivity contribution in [1.82, 2.24) is 10.2 Å². The van der Waals surface area contributed by atoms with Gasteiger partial charge in [-0.1, -0.05) is 50.3 Å². The van der Waals surface area contributed by atoms with Crippen molar-refractivity contribution < 1.29 is 14.3 Å². The number of nitrogens with zero attached hydrogens (tertiary/aromatic N) is 1. The number of rotatable bonds is 7. The van der Waals surface area contributed by atoms with Crippen LogP contribution < -0.4 is 5.32 Å². The molecule has 4 rings (SSSR count). The van der Waals surface area contributed by atoms with Gasteiger partial charge in [-0.15, -0.1) is 0 Å². The van der Waals surface area contributed by atoms with Crippen LogP contribution in [-0.2, 0) is 9.53 Å². The summed E-state index contributed by atoms with van der Waals surface area (Å²) in [4.78, 5) is 29.6. The summed E-state index contributed by atoms with van der Waals surface area (Å²) >= 11 is 0. The maximum absolute atomic E-state index is 13.8. The largest absolute Gasteiger partial charge is 0.382 e. The van der Waals surface area contributed by atoms with Gasteiger partial charge in [-0.2, -0.15) is 0 Å². The Morgan fingerprint density at radius 3 is 2.60 bits per heavy atom. The highest BCUT2D eigenvalue weighted by atomic mass is 16.5. The van der Waals surface area contributed by atoms with Crippen LogP contribution in [0.2, 0.25) is 0 Å². The zero-order chi connectivity index (χ0) is 21.0. The van der Waals surface area contributed by atoms with Gasteiger partial charge in [0.2, 0.25) is 5.91 Å². The number of fused-ring (bicyclic) bond motifs is 1. The molecule has 1 aromatic rings. The predicted octanol–water partition coefficient (Wildman–Crippen LogP) is 4.41. The minimum Gasteiger partial charge on any atom is -0.382 e. The summed E-state index contributed by atoms with van der Waals surface area (Å²) in [5.74, 6) is -0.0446. The van der Waals surface area contributed by atoms with Crippen molar-refractivity contribution in [3.05, 3.63) is 35.4 Å². The van der Waals surface area contributed by atoms with Crippen LogP contribution in [0, 0.1) is 0 Å². The van der Waals surface area contributed by atoms with Crippen LogP contribution in [-0.4, -0.2) is 48.1 Å². The predicted molar refractivity (Wildman–Crippen MR) is 118 cm³/mol. The van der Waals surface area contributed by atoms with Crippen LogP contribution in [0.5, 0.6) is 0 Å². The van der Waals surface area contributed by atoms with E-state index in [1.165, 1.54) is 19.3 Å². The van der Waals surface area contributed by atoms with Gasteiger partial charge in [-0.3, -0.25) is 9.59 Å². The Labute approximate surface area is 180 Å². The summed E-state index contributed by atoms with van der Waals surface area (Å²) in [5, 5.41) is 3.18. The third-order valence-corrected chi connectivity index (χ3v) is 7.38. The van der Waals surface area contributed by atoms with Crippen LogP contribution >= 0.6 is 0 Å². The van der Waals surface area contributed by atoms with Crippen molar-refractivity contribution in [2.45, 2.75) is 88.6 Å². The van der Waals surface area contributed by atoms with Crippen LogP contribution in [0.4, 0.5) is 0 Å². The lowest BCUT2D eigenvalue weighted by Gasteiger charge is -2.54. The third kappa shape index (κ3) is 3.89. The van der Waals surface area contributed by atoms with E-state index in [1.54, 1.807) is 0 Å². The first-order valence-electron chi connectivity index (χ1n) is 12.0. The average molecular weight is 413 g/mol. The lowest BCUT2D eigenvalue weighted by atomic mass is 9.69. The molecule has 1 aromatic carbocycles. The Balaban J connectivity index is 1.67. The quantitative estimate of drug-likeness (QED) is 0.675. The summed E-state index contributed by atoms with van der Waals surface area (Å²) in [7, 11) is 0. The second-order valence-electron chi connectivity index (χ2n) is 9.14. The van der Waals surface area contributed by atoms with Gasteiger partial charge < -0.3 is 15.0 Å². The fourth-order valence-electron chi connectivity index (χ4n) is 6.11. The minimum absolute atomic E-state index is 0.0779. The lowest BCUT2D eigenvalue weighted by molar-refractivity contribution is -0.127. The topological polar surface area (TPSA) is 58.6 Å². The first kappa shape index (κ1) is 21.4. The fourth-order valence-corrected chi connectivity index (χ4v) is 6.11. The second-order valence-corrected chi connectivity index (χ2v) is 9.14. The van der Waals surface area contributed by atoms with E-state index < -0.39 is 0 Å². The Hall–Kier alpha value is -1.88. The molecule has 2 amide bonds. The SMILES string of the molecule is CCOCCCNC(=O)[C@@H]1c2ccccc2C(=O)N(C2CCCCC2)C12CCCC2. The number of ether oxygens (including phenoxy) is 1. The second kappa shape index (κ2) is 9.51. The molecule has 2 fully saturated rings. The van der Waals surface area contributed by atoms with Crippen LogP contribution in [0.25, 0.3) is 0 Å². The lowest BCUT2D eigenvalue weighted by Crippen LogP contribution is -2.63. The van der Waals surface area contributed by atoms with Crippen LogP contribution in [0.1, 0.15) is 93.0 Å². The molecule has 2 aliphatic carbocycles. The number of amides is 2. The molecule has 164 valence electrons. The highest BCUT2D eigenvalue weighted by Gasteiger charge is 2.57. The molecular weight excluding hydrogens is 376 g/mol. The zero-order valence-corrected chi connectivity index (χ0v) is 18.3. The van der Waals surface area contributed by atoms with Gasteiger partial charge in [0.05, 0.1) is 11.5 Å². The van der Waals surface area contributed by atoms with Crippen molar-refractivity contribution in [2.24, 2.45) is 0 Å². The Morgan fingerprint density at radius 1 is 1.13 bits per heavy atom. The van der Waals surface area contributed by atoms with Crippen molar-refractivity contribution in [3.63, 3.8) is 0 Å². The molecule has 3 aliphatic rings. The average Bonchev–Trinajstić information content (AvgIpc) is 3.24. The number of benzene rings is 1. The van der Waals surface area contributed by atoms with Gasteiger partial charge in [-0.05, 0) is 50.7 Å². The monoisotopic (exact) mass is 412 g/mol. The normalized spacial score (nSPS) is 23.6. The number of carbonyl (C=O) groups excluding carboxylic acids is 2. The standard InChI is InChI=1S/C25H36N2O3/c1-2-30-18-10-17-26-23(28)22-20-13-6-7-14-21(20)24(29)27(19-11-4-3-5-12-19)25(22)15-8-9-16-25/h6-7,13-14,19,22H,2-5,8-12,15-18H2,1H3,(H,26,28)/t22-/m0/s1. The van der Waals surface area contributed by atoms with Gasteiger partial charge in [0.1, 0.15) is 0 Å². The minimum atomic E-state index is -0.364. The molecule has 0 saturated heterocycles. The summed E-state index contributed by atoms with van der Waals surface area (Å²) in [5.41, 5.74) is 1.30. The molecule has 1 atom stereocenters. The molecule has 2 saturated carbocycles. The molecule has 0 aromatic heterocycles. The van der Waals surface area contributed by atoms with Gasteiger partial charge in [0, 0.05) is 31.4 Å². The molecule has 5 heteroatoms. The number of hydrogen-bond donors (Lipinski definition) is 1. The number of hydrogen-bond acceptors (Lipinski definition) is 3. The van der Waals surface area contributed by atoms with E-state index in [9.17, 15) is 9.59 Å². The molecule has 1 spiro atoms. The van der Waals surface area contributed by atoms with Gasteiger partial charge >= 0.3 is 0 Å². The summed E-state index contributed by atoms with van der Waals surface area (Å²) in [6.07, 6.45) is 10.6. The van der Waals surface area contributed by atoms with Gasteiger partial charge in [-0.25, -0.2) is 0 Å². The Bertz CT molecular complexity index is 751. The van der Waals surface area contributed by atoms with E-state index >= 15 is 0 Å². The van der Waals surface area contributed by atoms with Gasteiger partial charge in [0.25, 0.3) is 5.91 Å². The van der Waals surface area contributed by atoms with E-state index in [4.69, 9.17) is 4.74 Å². The molecule has 1 heterocycles. The van der Waals surface area contributed by atoms with Crippen molar-refractivity contribution in [2.75, 3.05) is 19.8 Å². The van der Waals surface area contributed by atoms with E-state index in [-0.39, 0.29) is 29.3 Å². The van der Waals surface area contributed by atoms with Crippen molar-refractivity contribution in [3.8, 4) is 0 Å². The van der Waals surface area contributed by atoms with Crippen LogP contribution in [0.15, 0.2) is 24.3 Å². The summed E-state index contributed by atoms with van der Waals surface area (Å²) in [6.45, 7) is 3.96. The van der Waals surface area contributed by atoms with E-state index in [0.29, 0.717) is 19.8 Å². The first-order valence-corrected chi connectivity index (χ1v) is 12.0. The maximum atomic E-state index is 13.8. The van der Waals surface area contributed by atoms with E-state index in [2.05, 4.69) is 10.2 Å². The molecule has 30 heavy (non-hydrogen) atoms. The van der Waals surface area contributed by atoms with Crippen LogP contribution in [0.3, 0.4) is 0 Å². The third-order valence-electron chi connectivity index (χ3n) is 7.38. The highest BCUT2D eigenvalue weighted by molar-refractivity contribution is 6.02. The Kier molecular flexibility index (Phi) is 6.77. The van der Waals surface area contributed by atoms with Crippen molar-refractivity contribution >= 4 is 11.8 Å². The Morgan fingerprint density at radius 2 is 1.87 bits per heavy atom. The highest BCUT2D eigenvalue weighted by Crippen LogP contribution is 2.52. The van der Waals surface area contributed by atoms with Gasteiger partial charge in [0.15, 0.2) is 0 Å². The molecule has 0 radical (unpaired) electrons. The summed E-state index contributed by atoms with van der Waals surface area (Å²) in [6, 6.07) is 8.10. The number of carbonyl (C=O) groups is 2. The molecule has 5 nitrogen and oxygen atoms in total. The molecule has 1 N–H and O–H groups in total. The first-order chi connectivity index (χ1) is 14.7. The van der Waals surface area contributed by atoms with E-state index in [0.717, 1.165) is 56.1 Å². The molecule has 0 bridgehead atoms. The molecule has 1 aliphatic heterocycles. The fraction of sp³-hybridized carbons (Fsp3) is 0.680. The zero-order valence-electron chi connectivity index (χ0n) is 18.3. The maximum Gasteiger partial charge on any atom is 0.254 e. The molecule has 0 unspecified atom stereocenters. The molecular formula is C25H36N2O3. The summed E-state index contributed by atoms with van der Waals surface area (Å²) < 4.78 is 5.42. The van der Waals surface area contributed by atoms with Crippen molar-refractivity contribution in [1.29, 1.82) is 0 Å².